The second-order valence-corrected chi connectivity index (χ2v) is 5.85. The van der Waals surface area contributed by atoms with E-state index in [4.69, 9.17) is 34.8 Å². The van der Waals surface area contributed by atoms with Crippen LogP contribution in [0.2, 0.25) is 15.1 Å². The molecule has 0 spiro atoms. The SMILES string of the molecule is CC(NCC(O)c1ccncc1)c1ccc(Cl)c(Cl)c1Cl. The van der Waals surface area contributed by atoms with Crippen LogP contribution in [-0.2, 0) is 0 Å². The molecule has 0 fully saturated rings. The molecule has 2 N–H and O–H groups in total. The van der Waals surface area contributed by atoms with E-state index >= 15 is 0 Å². The lowest BCUT2D eigenvalue weighted by atomic mass is 10.1. The predicted molar refractivity (Wildman–Crippen MR) is 87.1 cm³/mol. The number of nitrogens with one attached hydrogen (secondary N) is 1. The van der Waals surface area contributed by atoms with Crippen molar-refractivity contribution >= 4 is 34.8 Å². The standard InChI is InChI=1S/C15H15Cl3N2O/c1-9(11-2-3-12(16)15(18)14(11)17)20-8-13(21)10-4-6-19-7-5-10/h2-7,9,13,20-21H,8H2,1H3. The molecule has 2 atom stereocenters. The summed E-state index contributed by atoms with van der Waals surface area (Å²) in [5, 5.41) is 14.5. The third-order valence-electron chi connectivity index (χ3n) is 3.24. The second kappa shape index (κ2) is 7.43. The summed E-state index contributed by atoms with van der Waals surface area (Å²) >= 11 is 18.2. The number of hydrogen-bond donors (Lipinski definition) is 2. The van der Waals surface area contributed by atoms with Gasteiger partial charge in [-0.15, -0.1) is 0 Å². The molecule has 1 aromatic carbocycles. The number of benzene rings is 1. The van der Waals surface area contributed by atoms with Gasteiger partial charge in [0.15, 0.2) is 0 Å². The Bertz CT molecular complexity index is 607. The van der Waals surface area contributed by atoms with E-state index in [0.29, 0.717) is 21.6 Å². The maximum atomic E-state index is 10.1. The van der Waals surface area contributed by atoms with Crippen molar-refractivity contribution in [3.8, 4) is 0 Å². The lowest BCUT2D eigenvalue weighted by molar-refractivity contribution is 0.170. The van der Waals surface area contributed by atoms with E-state index in [2.05, 4.69) is 10.3 Å². The third-order valence-corrected chi connectivity index (χ3v) is 4.55. The molecular weight excluding hydrogens is 331 g/mol. The number of nitrogens with zero attached hydrogens (tertiary/aromatic N) is 1. The first-order valence-electron chi connectivity index (χ1n) is 6.45. The third kappa shape index (κ3) is 4.09. The topological polar surface area (TPSA) is 45.1 Å². The molecule has 1 aromatic heterocycles. The van der Waals surface area contributed by atoms with Gasteiger partial charge in [0.05, 0.1) is 21.2 Å². The van der Waals surface area contributed by atoms with Gasteiger partial charge < -0.3 is 10.4 Å². The zero-order valence-corrected chi connectivity index (χ0v) is 13.6. The fraction of sp³-hybridized carbons (Fsp3) is 0.267. The summed E-state index contributed by atoms with van der Waals surface area (Å²) in [5.74, 6) is 0. The fourth-order valence-electron chi connectivity index (χ4n) is 1.98. The zero-order chi connectivity index (χ0) is 15.4. The molecule has 0 aliphatic carbocycles. The van der Waals surface area contributed by atoms with Crippen LogP contribution in [0.5, 0.6) is 0 Å². The van der Waals surface area contributed by atoms with E-state index < -0.39 is 6.10 Å². The van der Waals surface area contributed by atoms with Crippen LogP contribution in [0.1, 0.15) is 30.2 Å². The Hall–Kier alpha value is -0.840. The first-order valence-corrected chi connectivity index (χ1v) is 7.59. The highest BCUT2D eigenvalue weighted by Crippen LogP contribution is 2.35. The number of hydrogen-bond acceptors (Lipinski definition) is 3. The summed E-state index contributed by atoms with van der Waals surface area (Å²) in [6.07, 6.45) is 2.69. The molecule has 0 radical (unpaired) electrons. The predicted octanol–water partition coefficient (Wildman–Crippen LogP) is 4.43. The van der Waals surface area contributed by atoms with Crippen molar-refractivity contribution in [3.05, 3.63) is 62.9 Å². The zero-order valence-electron chi connectivity index (χ0n) is 11.4. The molecule has 2 rings (SSSR count). The minimum absolute atomic E-state index is 0.0660. The van der Waals surface area contributed by atoms with Crippen LogP contribution in [-0.4, -0.2) is 16.6 Å². The lowest BCUT2D eigenvalue weighted by Crippen LogP contribution is -2.25. The van der Waals surface area contributed by atoms with E-state index in [0.717, 1.165) is 11.1 Å². The summed E-state index contributed by atoms with van der Waals surface area (Å²) < 4.78 is 0. The average molecular weight is 346 g/mol. The Morgan fingerprint density at radius 3 is 2.43 bits per heavy atom. The van der Waals surface area contributed by atoms with Crippen molar-refractivity contribution in [1.82, 2.24) is 10.3 Å². The largest absolute Gasteiger partial charge is 0.387 e. The van der Waals surface area contributed by atoms with Crippen molar-refractivity contribution in [1.29, 1.82) is 0 Å². The van der Waals surface area contributed by atoms with Gasteiger partial charge in [0.2, 0.25) is 0 Å². The molecule has 2 unspecified atom stereocenters. The summed E-state index contributed by atoms with van der Waals surface area (Å²) in [4.78, 5) is 3.92. The normalized spacial score (nSPS) is 14.0. The van der Waals surface area contributed by atoms with Crippen LogP contribution in [0, 0.1) is 0 Å². The highest BCUT2D eigenvalue weighted by molar-refractivity contribution is 6.48. The van der Waals surface area contributed by atoms with E-state index in [-0.39, 0.29) is 6.04 Å². The fourth-order valence-corrected chi connectivity index (χ4v) is 2.68. The van der Waals surface area contributed by atoms with Crippen molar-refractivity contribution in [2.24, 2.45) is 0 Å². The minimum atomic E-state index is -0.614. The Morgan fingerprint density at radius 1 is 1.10 bits per heavy atom. The summed E-state index contributed by atoms with van der Waals surface area (Å²) in [7, 11) is 0. The van der Waals surface area contributed by atoms with Crippen LogP contribution in [0.3, 0.4) is 0 Å². The average Bonchev–Trinajstić information content (AvgIpc) is 2.51. The second-order valence-electron chi connectivity index (χ2n) is 4.69. The van der Waals surface area contributed by atoms with Crippen LogP contribution in [0.4, 0.5) is 0 Å². The van der Waals surface area contributed by atoms with Gasteiger partial charge in [0.25, 0.3) is 0 Å². The Kier molecular flexibility index (Phi) is 5.85. The Labute approximate surface area is 138 Å². The molecule has 0 saturated heterocycles. The van der Waals surface area contributed by atoms with Gasteiger partial charge >= 0.3 is 0 Å². The number of pyridine rings is 1. The van der Waals surface area contributed by atoms with Gasteiger partial charge in [-0.25, -0.2) is 0 Å². The molecule has 0 aliphatic rings. The summed E-state index contributed by atoms with van der Waals surface area (Å²) in [5.41, 5.74) is 1.65. The molecular formula is C15H15Cl3N2O. The molecule has 2 aromatic rings. The van der Waals surface area contributed by atoms with Crippen molar-refractivity contribution in [2.75, 3.05) is 6.54 Å². The van der Waals surface area contributed by atoms with Crippen molar-refractivity contribution in [2.45, 2.75) is 19.1 Å². The highest BCUT2D eigenvalue weighted by atomic mass is 35.5. The van der Waals surface area contributed by atoms with Gasteiger partial charge in [0.1, 0.15) is 0 Å². The van der Waals surface area contributed by atoms with Crippen molar-refractivity contribution in [3.63, 3.8) is 0 Å². The van der Waals surface area contributed by atoms with Crippen LogP contribution in [0.25, 0.3) is 0 Å². The number of rotatable bonds is 5. The maximum absolute atomic E-state index is 10.1. The summed E-state index contributed by atoms with van der Waals surface area (Å²) in [6.45, 7) is 2.34. The minimum Gasteiger partial charge on any atom is -0.387 e. The van der Waals surface area contributed by atoms with Crippen LogP contribution in [0.15, 0.2) is 36.7 Å². The van der Waals surface area contributed by atoms with E-state index in [9.17, 15) is 5.11 Å². The van der Waals surface area contributed by atoms with Gasteiger partial charge in [-0.2, -0.15) is 0 Å². The highest BCUT2D eigenvalue weighted by Gasteiger charge is 2.15. The summed E-state index contributed by atoms with van der Waals surface area (Å²) in [6, 6.07) is 7.03. The molecule has 0 bridgehead atoms. The monoisotopic (exact) mass is 344 g/mol. The molecule has 6 heteroatoms. The number of halogens is 3. The number of aliphatic hydroxyl groups excluding tert-OH is 1. The number of aromatic nitrogens is 1. The molecule has 3 nitrogen and oxygen atoms in total. The molecule has 0 aliphatic heterocycles. The maximum Gasteiger partial charge on any atom is 0.0915 e. The van der Waals surface area contributed by atoms with Gasteiger partial charge in [0, 0.05) is 25.0 Å². The quantitative estimate of drug-likeness (QED) is 0.788. The molecule has 21 heavy (non-hydrogen) atoms. The lowest BCUT2D eigenvalue weighted by Gasteiger charge is -2.19. The van der Waals surface area contributed by atoms with Crippen LogP contribution >= 0.6 is 34.8 Å². The molecule has 112 valence electrons. The van der Waals surface area contributed by atoms with Gasteiger partial charge in [-0.1, -0.05) is 40.9 Å². The molecule has 1 heterocycles. The Balaban J connectivity index is 2.02. The van der Waals surface area contributed by atoms with Crippen molar-refractivity contribution < 1.29 is 5.11 Å². The van der Waals surface area contributed by atoms with E-state index in [1.165, 1.54) is 0 Å². The first-order chi connectivity index (χ1) is 10.0. The van der Waals surface area contributed by atoms with Crippen LogP contribution < -0.4 is 5.32 Å². The van der Waals surface area contributed by atoms with E-state index in [1.54, 1.807) is 30.6 Å². The number of aliphatic hydroxyl groups is 1. The first kappa shape index (κ1) is 16.5. The molecule has 0 amide bonds. The van der Waals surface area contributed by atoms with E-state index in [1.807, 2.05) is 13.0 Å². The molecule has 0 saturated carbocycles. The van der Waals surface area contributed by atoms with Gasteiger partial charge in [-0.3, -0.25) is 4.98 Å². The van der Waals surface area contributed by atoms with Gasteiger partial charge in [-0.05, 0) is 36.2 Å². The smallest absolute Gasteiger partial charge is 0.0915 e. The Morgan fingerprint density at radius 2 is 1.76 bits per heavy atom.